The molecule has 2 heterocycles. The predicted molar refractivity (Wildman–Crippen MR) is 156 cm³/mol. The summed E-state index contributed by atoms with van der Waals surface area (Å²) in [5.41, 5.74) is 3.15. The van der Waals surface area contributed by atoms with E-state index >= 15 is 0 Å². The predicted octanol–water partition coefficient (Wildman–Crippen LogP) is 4.15. The summed E-state index contributed by atoms with van der Waals surface area (Å²) in [5.74, 6) is 0.811. The lowest BCUT2D eigenvalue weighted by atomic mass is 9.87. The second-order valence-corrected chi connectivity index (χ2v) is 9.89. The number of hydrogen-bond donors (Lipinski definition) is 2. The summed E-state index contributed by atoms with van der Waals surface area (Å²) in [6.45, 7) is 4.32. The van der Waals surface area contributed by atoms with Crippen molar-refractivity contribution in [1.29, 1.82) is 0 Å². The molecule has 0 atom stereocenters. The van der Waals surface area contributed by atoms with E-state index in [9.17, 15) is 0 Å². The monoisotopic (exact) mass is 532 g/mol. The normalized spacial score (nSPS) is 10.7. The van der Waals surface area contributed by atoms with Gasteiger partial charge in [0.2, 0.25) is 0 Å². The zero-order chi connectivity index (χ0) is 25.4. The lowest BCUT2D eigenvalue weighted by Crippen LogP contribution is -2.20. The Morgan fingerprint density at radius 1 is 0.622 bits per heavy atom. The summed E-state index contributed by atoms with van der Waals surface area (Å²) in [5, 5.41) is 13.0. The molecule has 4 rings (SSSR count). The first-order valence-corrected chi connectivity index (χ1v) is 13.9. The minimum atomic E-state index is 0.493. The second-order valence-electron chi connectivity index (χ2n) is 8.00. The van der Waals surface area contributed by atoms with Gasteiger partial charge in [0.15, 0.2) is 0 Å². The zero-order valence-electron chi connectivity index (χ0n) is 20.6. The van der Waals surface area contributed by atoms with Gasteiger partial charge in [0.05, 0.1) is 23.2 Å². The van der Waals surface area contributed by atoms with E-state index in [1.807, 2.05) is 53.9 Å². The van der Waals surface area contributed by atoms with Crippen LogP contribution in [0, 0.1) is 0 Å². The van der Waals surface area contributed by atoms with E-state index in [4.69, 9.17) is 18.8 Å². The Bertz CT molecular complexity index is 1020. The number of rotatable bonds is 18. The van der Waals surface area contributed by atoms with Gasteiger partial charge in [0, 0.05) is 26.3 Å². The van der Waals surface area contributed by atoms with Crippen LogP contribution in [0.5, 0.6) is 5.75 Å². The molecule has 2 radical (unpaired) electrons. The SMILES string of the molecule is [B](OCCNc1cccs1)c1ccc(COCCOc2ccc([B]OCCNc3cccs3)cc2)cc1. The molecule has 0 aliphatic carbocycles. The third-order valence-corrected chi connectivity index (χ3v) is 6.80. The van der Waals surface area contributed by atoms with Crippen LogP contribution in [0.3, 0.4) is 0 Å². The number of hydrogen-bond acceptors (Lipinski definition) is 8. The molecule has 0 spiro atoms. The van der Waals surface area contributed by atoms with Crippen LogP contribution in [0.2, 0.25) is 0 Å². The standard InChI is InChI=1S/C27H30B2N2O4S2/c1-3-26(36-19-1)30-13-15-34-28-23-7-5-22(6-8-23)21-32-17-18-33-25-11-9-24(10-12-25)29-35-16-14-31-27-4-2-20-37-27/h1-12,19-20,30-31H,13-18,21H2. The van der Waals surface area contributed by atoms with Crippen molar-refractivity contribution in [1.82, 2.24) is 0 Å². The Balaban J connectivity index is 1.01. The van der Waals surface area contributed by atoms with E-state index < -0.39 is 0 Å². The highest BCUT2D eigenvalue weighted by molar-refractivity contribution is 7.14. The Hall–Kier alpha value is -2.75. The highest BCUT2D eigenvalue weighted by Gasteiger charge is 2.02. The van der Waals surface area contributed by atoms with Gasteiger partial charge in [-0.1, -0.05) is 47.3 Å². The smallest absolute Gasteiger partial charge is 0.330 e. The fourth-order valence-corrected chi connectivity index (χ4v) is 4.57. The third-order valence-electron chi connectivity index (χ3n) is 5.14. The van der Waals surface area contributed by atoms with E-state index in [0.29, 0.717) is 33.0 Å². The molecule has 0 bridgehead atoms. The summed E-state index contributed by atoms with van der Waals surface area (Å²) >= 11 is 3.37. The molecule has 0 saturated heterocycles. The third kappa shape index (κ3) is 10.6. The van der Waals surface area contributed by atoms with Crippen LogP contribution >= 0.6 is 22.7 Å². The molecule has 6 nitrogen and oxygen atoms in total. The molecule has 0 amide bonds. The van der Waals surface area contributed by atoms with Crippen molar-refractivity contribution in [2.75, 3.05) is 50.2 Å². The molecule has 2 aromatic heterocycles. The molecule has 10 heteroatoms. The number of ether oxygens (including phenoxy) is 2. The molecule has 2 N–H and O–H groups in total. The van der Waals surface area contributed by atoms with Crippen molar-refractivity contribution in [3.63, 3.8) is 0 Å². The fraction of sp³-hybridized carbons (Fsp3) is 0.259. The van der Waals surface area contributed by atoms with Crippen LogP contribution in [-0.4, -0.2) is 54.5 Å². The van der Waals surface area contributed by atoms with Crippen LogP contribution in [0.1, 0.15) is 5.56 Å². The summed E-state index contributed by atoms with van der Waals surface area (Å²) in [7, 11) is 3.55. The lowest BCUT2D eigenvalue weighted by Gasteiger charge is -2.09. The Morgan fingerprint density at radius 2 is 1.19 bits per heavy atom. The van der Waals surface area contributed by atoms with Gasteiger partial charge < -0.3 is 29.4 Å². The summed E-state index contributed by atoms with van der Waals surface area (Å²) in [4.78, 5) is 0. The van der Waals surface area contributed by atoms with E-state index in [0.717, 1.165) is 45.3 Å². The van der Waals surface area contributed by atoms with E-state index in [1.54, 1.807) is 37.6 Å². The molecular formula is C27H30B2N2O4S2. The number of thiophene rings is 2. The van der Waals surface area contributed by atoms with Gasteiger partial charge in [-0.3, -0.25) is 0 Å². The van der Waals surface area contributed by atoms with Crippen LogP contribution < -0.4 is 26.3 Å². The first kappa shape index (κ1) is 27.3. The summed E-state index contributed by atoms with van der Waals surface area (Å²) in [6.07, 6.45) is 0. The van der Waals surface area contributed by atoms with Gasteiger partial charge in [0.25, 0.3) is 0 Å². The molecular weight excluding hydrogens is 502 g/mol. The van der Waals surface area contributed by atoms with Crippen molar-refractivity contribution in [2.45, 2.75) is 6.61 Å². The van der Waals surface area contributed by atoms with Crippen molar-refractivity contribution in [2.24, 2.45) is 0 Å². The lowest BCUT2D eigenvalue weighted by molar-refractivity contribution is 0.0889. The maximum absolute atomic E-state index is 5.78. The van der Waals surface area contributed by atoms with Gasteiger partial charge >= 0.3 is 15.0 Å². The van der Waals surface area contributed by atoms with Crippen molar-refractivity contribution in [3.8, 4) is 5.75 Å². The maximum Gasteiger partial charge on any atom is 0.330 e. The van der Waals surface area contributed by atoms with Gasteiger partial charge in [-0.25, -0.2) is 0 Å². The number of anilines is 2. The molecule has 0 aliphatic rings. The average molecular weight is 532 g/mol. The first-order valence-electron chi connectivity index (χ1n) is 12.2. The van der Waals surface area contributed by atoms with Crippen molar-refractivity contribution in [3.05, 3.63) is 89.1 Å². The van der Waals surface area contributed by atoms with Gasteiger partial charge in [-0.15, -0.1) is 22.7 Å². The maximum atomic E-state index is 5.78. The minimum Gasteiger partial charge on any atom is -0.491 e. The fourth-order valence-electron chi connectivity index (χ4n) is 3.28. The molecule has 0 fully saturated rings. The van der Waals surface area contributed by atoms with Crippen molar-refractivity contribution < 1.29 is 18.8 Å². The molecule has 0 aliphatic heterocycles. The van der Waals surface area contributed by atoms with Gasteiger partial charge in [0.1, 0.15) is 12.4 Å². The number of benzene rings is 2. The van der Waals surface area contributed by atoms with E-state index in [-0.39, 0.29) is 0 Å². The van der Waals surface area contributed by atoms with Gasteiger partial charge in [-0.2, -0.15) is 0 Å². The van der Waals surface area contributed by atoms with Crippen LogP contribution in [-0.2, 0) is 20.7 Å². The van der Waals surface area contributed by atoms with Crippen LogP contribution in [0.4, 0.5) is 10.0 Å². The molecule has 0 saturated carbocycles. The largest absolute Gasteiger partial charge is 0.491 e. The number of nitrogens with one attached hydrogen (secondary N) is 2. The Labute approximate surface area is 228 Å². The molecule has 37 heavy (non-hydrogen) atoms. The second kappa shape index (κ2) is 16.2. The molecule has 2 aromatic carbocycles. The summed E-state index contributed by atoms with van der Waals surface area (Å²) < 4.78 is 22.8. The van der Waals surface area contributed by atoms with Crippen molar-refractivity contribution >= 4 is 58.6 Å². The van der Waals surface area contributed by atoms with Gasteiger partial charge in [-0.05, 0) is 52.7 Å². The Morgan fingerprint density at radius 3 is 1.73 bits per heavy atom. The average Bonchev–Trinajstić information content (AvgIpc) is 3.65. The van der Waals surface area contributed by atoms with E-state index in [1.165, 1.54) is 0 Å². The quantitative estimate of drug-likeness (QED) is 0.148. The van der Waals surface area contributed by atoms with Crippen LogP contribution in [0.25, 0.3) is 0 Å². The molecule has 0 unspecified atom stereocenters. The highest BCUT2D eigenvalue weighted by Crippen LogP contribution is 2.14. The first-order chi connectivity index (χ1) is 18.3. The molecule has 4 aromatic rings. The van der Waals surface area contributed by atoms with Crippen LogP contribution in [0.15, 0.2) is 83.6 Å². The highest BCUT2D eigenvalue weighted by atomic mass is 32.1. The topological polar surface area (TPSA) is 61.0 Å². The summed E-state index contributed by atoms with van der Waals surface area (Å²) in [6, 6.07) is 24.2. The Kier molecular flexibility index (Phi) is 11.9. The minimum absolute atomic E-state index is 0.493. The zero-order valence-corrected chi connectivity index (χ0v) is 22.3. The van der Waals surface area contributed by atoms with E-state index in [2.05, 4.69) is 40.3 Å². The molecule has 190 valence electrons.